The Morgan fingerprint density at radius 3 is 1.93 bits per heavy atom. The number of carbonyl (C=O) groups excluding carboxylic acids is 1. The van der Waals surface area contributed by atoms with Crippen LogP contribution in [-0.4, -0.2) is 42.2 Å². The molecular weight excluding hydrogens is 247 g/mol. The SMILES string of the molecule is Cl.Cl.NC[C@H](N)C(=O)N[C@H](CN)C(=O)O. The lowest BCUT2D eigenvalue weighted by Crippen LogP contribution is -2.53. The minimum Gasteiger partial charge on any atom is -0.480 e. The zero-order valence-corrected chi connectivity index (χ0v) is 9.51. The molecular formula is C6H16Cl2N4O3. The molecule has 15 heavy (non-hydrogen) atoms. The first-order valence-corrected chi connectivity index (χ1v) is 3.71. The van der Waals surface area contributed by atoms with Crippen LogP contribution in [-0.2, 0) is 9.59 Å². The van der Waals surface area contributed by atoms with Crippen LogP contribution in [0.1, 0.15) is 0 Å². The van der Waals surface area contributed by atoms with Gasteiger partial charge in [-0.25, -0.2) is 4.79 Å². The van der Waals surface area contributed by atoms with Crippen LogP contribution < -0.4 is 22.5 Å². The van der Waals surface area contributed by atoms with Crippen LogP contribution in [0.2, 0.25) is 0 Å². The molecule has 9 heteroatoms. The van der Waals surface area contributed by atoms with E-state index in [0.717, 1.165) is 0 Å². The third-order valence-electron chi connectivity index (χ3n) is 1.44. The lowest BCUT2D eigenvalue weighted by atomic mass is 10.2. The van der Waals surface area contributed by atoms with Crippen molar-refractivity contribution in [3.63, 3.8) is 0 Å². The second-order valence-electron chi connectivity index (χ2n) is 2.48. The molecule has 0 aliphatic heterocycles. The Morgan fingerprint density at radius 2 is 1.67 bits per heavy atom. The lowest BCUT2D eigenvalue weighted by Gasteiger charge is -2.14. The molecule has 0 radical (unpaired) electrons. The third-order valence-corrected chi connectivity index (χ3v) is 1.44. The number of nitrogens with two attached hydrogens (primary N) is 3. The first kappa shape index (κ1) is 19.9. The summed E-state index contributed by atoms with van der Waals surface area (Å²) in [6.07, 6.45) is 0. The highest BCUT2D eigenvalue weighted by atomic mass is 35.5. The first-order chi connectivity index (χ1) is 6.02. The van der Waals surface area contributed by atoms with Crippen molar-refractivity contribution in [3.8, 4) is 0 Å². The smallest absolute Gasteiger partial charge is 0.327 e. The van der Waals surface area contributed by atoms with Gasteiger partial charge in [-0.1, -0.05) is 0 Å². The summed E-state index contributed by atoms with van der Waals surface area (Å²) in [5.41, 5.74) is 15.4. The zero-order chi connectivity index (χ0) is 10.4. The molecule has 0 saturated heterocycles. The van der Waals surface area contributed by atoms with Gasteiger partial charge >= 0.3 is 5.97 Å². The summed E-state index contributed by atoms with van der Waals surface area (Å²) in [7, 11) is 0. The van der Waals surface area contributed by atoms with E-state index in [0.29, 0.717) is 0 Å². The van der Waals surface area contributed by atoms with Gasteiger partial charge in [-0.05, 0) is 0 Å². The molecule has 0 unspecified atom stereocenters. The van der Waals surface area contributed by atoms with Crippen LogP contribution >= 0.6 is 24.8 Å². The van der Waals surface area contributed by atoms with Gasteiger partial charge in [-0.15, -0.1) is 24.8 Å². The zero-order valence-electron chi connectivity index (χ0n) is 7.88. The number of carbonyl (C=O) groups is 2. The number of nitrogens with one attached hydrogen (secondary N) is 1. The molecule has 0 aromatic rings. The lowest BCUT2D eigenvalue weighted by molar-refractivity contribution is -0.141. The number of carboxylic acids is 1. The van der Waals surface area contributed by atoms with Crippen molar-refractivity contribution in [2.45, 2.75) is 12.1 Å². The molecule has 0 aliphatic carbocycles. The quantitative estimate of drug-likeness (QED) is 0.375. The molecule has 0 aromatic carbocycles. The Kier molecular flexibility index (Phi) is 13.2. The van der Waals surface area contributed by atoms with Crippen LogP contribution in [0, 0.1) is 0 Å². The van der Waals surface area contributed by atoms with E-state index >= 15 is 0 Å². The van der Waals surface area contributed by atoms with Gasteiger partial charge in [0.05, 0.1) is 6.04 Å². The summed E-state index contributed by atoms with van der Waals surface area (Å²) < 4.78 is 0. The molecule has 0 heterocycles. The number of hydrogen-bond donors (Lipinski definition) is 5. The van der Waals surface area contributed by atoms with Crippen LogP contribution in [0.4, 0.5) is 0 Å². The average Bonchev–Trinajstić information content (AvgIpc) is 2.11. The Morgan fingerprint density at radius 1 is 1.20 bits per heavy atom. The Hall–Kier alpha value is -0.600. The first-order valence-electron chi connectivity index (χ1n) is 3.71. The number of hydrogen-bond acceptors (Lipinski definition) is 5. The standard InChI is InChI=1S/C6H14N4O3.2ClH/c7-1-3(9)5(11)10-4(2-8)6(12)13;;/h3-4H,1-2,7-9H2,(H,10,11)(H,12,13);2*1H/t3-,4+;;/m0../s1. The molecule has 2 atom stereocenters. The van der Waals surface area contributed by atoms with E-state index in [1.165, 1.54) is 0 Å². The van der Waals surface area contributed by atoms with E-state index < -0.39 is 24.0 Å². The largest absolute Gasteiger partial charge is 0.480 e. The van der Waals surface area contributed by atoms with Crippen molar-refractivity contribution in [1.29, 1.82) is 0 Å². The minimum atomic E-state index is -1.19. The minimum absolute atomic E-state index is 0. The van der Waals surface area contributed by atoms with Gasteiger partial charge in [0.15, 0.2) is 0 Å². The molecule has 0 fully saturated rings. The van der Waals surface area contributed by atoms with Crippen molar-refractivity contribution < 1.29 is 14.7 Å². The number of aliphatic carboxylic acids is 1. The maximum absolute atomic E-state index is 11.0. The van der Waals surface area contributed by atoms with Gasteiger partial charge in [0.1, 0.15) is 6.04 Å². The maximum Gasteiger partial charge on any atom is 0.327 e. The highest BCUT2D eigenvalue weighted by Gasteiger charge is 2.20. The predicted molar refractivity (Wildman–Crippen MR) is 60.1 cm³/mol. The summed E-state index contributed by atoms with van der Waals surface area (Å²) in [5.74, 6) is -1.81. The van der Waals surface area contributed by atoms with Crippen molar-refractivity contribution in [1.82, 2.24) is 5.32 Å². The fraction of sp³-hybridized carbons (Fsp3) is 0.667. The topological polar surface area (TPSA) is 144 Å². The number of amides is 1. The van der Waals surface area contributed by atoms with Crippen LogP contribution in [0.5, 0.6) is 0 Å². The van der Waals surface area contributed by atoms with E-state index in [-0.39, 0.29) is 37.9 Å². The second kappa shape index (κ2) is 9.94. The molecule has 1 amide bonds. The van der Waals surface area contributed by atoms with Crippen molar-refractivity contribution in [2.75, 3.05) is 13.1 Å². The average molecular weight is 263 g/mol. The summed E-state index contributed by atoms with van der Waals surface area (Å²) in [5, 5.41) is 10.7. The molecule has 92 valence electrons. The predicted octanol–water partition coefficient (Wildman–Crippen LogP) is -2.36. The summed E-state index contributed by atoms with van der Waals surface area (Å²) >= 11 is 0. The van der Waals surface area contributed by atoms with Gasteiger partial charge in [0.25, 0.3) is 0 Å². The third kappa shape index (κ3) is 7.34. The van der Waals surface area contributed by atoms with Crippen LogP contribution in [0.15, 0.2) is 0 Å². The van der Waals surface area contributed by atoms with Crippen molar-refractivity contribution in [2.24, 2.45) is 17.2 Å². The Labute approximate surface area is 99.6 Å². The second-order valence-corrected chi connectivity index (χ2v) is 2.48. The molecule has 0 aliphatic rings. The summed E-state index contributed by atoms with van der Waals surface area (Å²) in [6.45, 7) is -0.221. The molecule has 0 spiro atoms. The van der Waals surface area contributed by atoms with Crippen molar-refractivity contribution in [3.05, 3.63) is 0 Å². The fourth-order valence-electron chi connectivity index (χ4n) is 0.607. The summed E-state index contributed by atoms with van der Waals surface area (Å²) in [4.78, 5) is 21.4. The van der Waals surface area contributed by atoms with Crippen LogP contribution in [0.25, 0.3) is 0 Å². The fourth-order valence-corrected chi connectivity index (χ4v) is 0.607. The Bertz CT molecular complexity index is 205. The molecule has 7 nitrogen and oxygen atoms in total. The Balaban J connectivity index is -0.000000720. The van der Waals surface area contributed by atoms with Gasteiger partial charge in [0.2, 0.25) is 5.91 Å². The van der Waals surface area contributed by atoms with Gasteiger partial charge in [-0.2, -0.15) is 0 Å². The maximum atomic E-state index is 11.0. The highest BCUT2D eigenvalue weighted by molar-refractivity contribution is 5.87. The van der Waals surface area contributed by atoms with E-state index in [1.807, 2.05) is 0 Å². The molecule has 0 bridgehead atoms. The number of rotatable bonds is 5. The molecule has 0 saturated carbocycles. The molecule has 0 rings (SSSR count). The molecule has 8 N–H and O–H groups in total. The van der Waals surface area contributed by atoms with Gasteiger partial charge in [0, 0.05) is 13.1 Å². The van der Waals surface area contributed by atoms with E-state index in [2.05, 4.69) is 5.32 Å². The van der Waals surface area contributed by atoms with Crippen LogP contribution in [0.3, 0.4) is 0 Å². The van der Waals surface area contributed by atoms with E-state index in [4.69, 9.17) is 22.3 Å². The monoisotopic (exact) mass is 262 g/mol. The van der Waals surface area contributed by atoms with Crippen molar-refractivity contribution >= 4 is 36.7 Å². The molecule has 0 aromatic heterocycles. The normalized spacial score (nSPS) is 12.7. The van der Waals surface area contributed by atoms with Gasteiger partial charge in [-0.3, -0.25) is 4.79 Å². The van der Waals surface area contributed by atoms with E-state index in [1.54, 1.807) is 0 Å². The van der Waals surface area contributed by atoms with E-state index in [9.17, 15) is 9.59 Å². The number of carboxylic acid groups (broad SMARTS) is 1. The highest BCUT2D eigenvalue weighted by Crippen LogP contribution is 1.83. The van der Waals surface area contributed by atoms with Gasteiger partial charge < -0.3 is 27.6 Å². The number of halogens is 2. The summed E-state index contributed by atoms with van der Waals surface area (Å²) in [6, 6.07) is -2.00.